The van der Waals surface area contributed by atoms with Gasteiger partial charge >= 0.3 is 0 Å². The first-order valence-corrected chi connectivity index (χ1v) is 7.75. The van der Waals surface area contributed by atoms with Gasteiger partial charge in [0.05, 0.1) is 0 Å². The van der Waals surface area contributed by atoms with E-state index in [1.54, 1.807) is 0 Å². The summed E-state index contributed by atoms with van der Waals surface area (Å²) in [5.74, 6) is 0.513. The van der Waals surface area contributed by atoms with Crippen molar-refractivity contribution in [3.8, 4) is 0 Å². The Morgan fingerprint density at radius 1 is 1.20 bits per heavy atom. The van der Waals surface area contributed by atoms with Crippen LogP contribution in [0.1, 0.15) is 42.0 Å². The van der Waals surface area contributed by atoms with Gasteiger partial charge in [-0.2, -0.15) is 0 Å². The number of hydrogen-bond donors (Lipinski definition) is 2. The molecule has 1 fully saturated rings. The minimum Gasteiger partial charge on any atom is -0.396 e. The molecule has 1 aromatic carbocycles. The Balaban J connectivity index is 1.81. The molecule has 0 radical (unpaired) electrons. The van der Waals surface area contributed by atoms with E-state index in [-0.39, 0.29) is 6.04 Å². The van der Waals surface area contributed by atoms with E-state index < -0.39 is 0 Å². The highest BCUT2D eigenvalue weighted by Gasteiger charge is 2.19. The summed E-state index contributed by atoms with van der Waals surface area (Å²) in [5, 5.41) is 9.16. The molecule has 0 aliphatic carbocycles. The van der Waals surface area contributed by atoms with Crippen LogP contribution in [-0.2, 0) is 0 Å². The molecule has 1 heterocycles. The smallest absolute Gasteiger partial charge is 0.0460 e. The number of hydrogen-bond acceptors (Lipinski definition) is 3. The molecule has 0 bridgehead atoms. The largest absolute Gasteiger partial charge is 0.396 e. The van der Waals surface area contributed by atoms with E-state index in [9.17, 15) is 0 Å². The summed E-state index contributed by atoms with van der Waals surface area (Å²) in [7, 11) is 0. The number of rotatable bonds is 5. The molecule has 0 amide bonds. The van der Waals surface area contributed by atoms with E-state index in [2.05, 4.69) is 36.9 Å². The summed E-state index contributed by atoms with van der Waals surface area (Å²) >= 11 is 0. The Labute approximate surface area is 122 Å². The first-order valence-electron chi connectivity index (χ1n) is 7.75. The molecule has 1 saturated heterocycles. The third kappa shape index (κ3) is 4.30. The molecule has 0 spiro atoms. The number of piperidine rings is 1. The fourth-order valence-corrected chi connectivity index (χ4v) is 3.10. The van der Waals surface area contributed by atoms with Gasteiger partial charge in [-0.1, -0.05) is 29.3 Å². The van der Waals surface area contributed by atoms with Crippen LogP contribution in [0.15, 0.2) is 18.2 Å². The molecule has 112 valence electrons. The van der Waals surface area contributed by atoms with E-state index in [1.165, 1.54) is 16.7 Å². The zero-order valence-corrected chi connectivity index (χ0v) is 12.8. The van der Waals surface area contributed by atoms with Crippen molar-refractivity contribution in [2.75, 3.05) is 26.2 Å². The number of nitrogens with two attached hydrogens (primary N) is 1. The number of likely N-dealkylation sites (tertiary alicyclic amines) is 1. The van der Waals surface area contributed by atoms with Gasteiger partial charge in [0, 0.05) is 12.6 Å². The molecule has 1 aliphatic rings. The summed E-state index contributed by atoms with van der Waals surface area (Å²) in [4.78, 5) is 2.48. The molecule has 3 nitrogen and oxygen atoms in total. The number of nitrogens with zero attached hydrogens (tertiary/aromatic N) is 1. The second kappa shape index (κ2) is 7.21. The second-order valence-electron chi connectivity index (χ2n) is 6.28. The molecule has 1 unspecified atom stereocenters. The minimum atomic E-state index is 0.129. The molecule has 1 aromatic rings. The maximum absolute atomic E-state index is 9.16. The highest BCUT2D eigenvalue weighted by molar-refractivity contribution is 5.30. The second-order valence-corrected chi connectivity index (χ2v) is 6.28. The van der Waals surface area contributed by atoms with Crippen molar-refractivity contribution in [2.24, 2.45) is 11.7 Å². The van der Waals surface area contributed by atoms with Gasteiger partial charge in [0.2, 0.25) is 0 Å². The Bertz CT molecular complexity index is 405. The summed E-state index contributed by atoms with van der Waals surface area (Å²) in [6, 6.07) is 6.73. The van der Waals surface area contributed by atoms with Crippen LogP contribution in [0.2, 0.25) is 0 Å². The normalized spacial score (nSPS) is 19.2. The van der Waals surface area contributed by atoms with Crippen LogP contribution < -0.4 is 5.73 Å². The number of aliphatic hydroxyl groups is 1. The molecule has 20 heavy (non-hydrogen) atoms. The molecular formula is C17H28N2O. The van der Waals surface area contributed by atoms with E-state index in [4.69, 9.17) is 10.8 Å². The van der Waals surface area contributed by atoms with Gasteiger partial charge in [-0.05, 0) is 64.2 Å². The summed E-state index contributed by atoms with van der Waals surface area (Å²) < 4.78 is 0. The Hall–Kier alpha value is -0.900. The van der Waals surface area contributed by atoms with Crippen LogP contribution in [-0.4, -0.2) is 36.2 Å². The summed E-state index contributed by atoms with van der Waals surface area (Å²) in [6.07, 6.45) is 3.25. The van der Waals surface area contributed by atoms with Crippen molar-refractivity contribution in [1.29, 1.82) is 0 Å². The van der Waals surface area contributed by atoms with Gasteiger partial charge in [0.25, 0.3) is 0 Å². The van der Waals surface area contributed by atoms with Gasteiger partial charge in [-0.3, -0.25) is 0 Å². The maximum Gasteiger partial charge on any atom is 0.0460 e. The predicted octanol–water partition coefficient (Wildman–Crippen LogP) is 2.40. The highest BCUT2D eigenvalue weighted by Crippen LogP contribution is 2.20. The lowest BCUT2D eigenvalue weighted by molar-refractivity contribution is 0.129. The number of benzene rings is 1. The zero-order valence-electron chi connectivity index (χ0n) is 12.8. The number of aliphatic hydroxyl groups excluding tert-OH is 1. The monoisotopic (exact) mass is 276 g/mol. The van der Waals surface area contributed by atoms with Crippen LogP contribution in [0.5, 0.6) is 0 Å². The molecule has 0 aromatic heterocycles. The summed E-state index contributed by atoms with van der Waals surface area (Å²) in [5.41, 5.74) is 10.2. The van der Waals surface area contributed by atoms with Crippen LogP contribution in [0, 0.1) is 19.8 Å². The lowest BCUT2D eigenvalue weighted by Crippen LogP contribution is -2.36. The average Bonchev–Trinajstić information content (AvgIpc) is 2.44. The van der Waals surface area contributed by atoms with Gasteiger partial charge in [0.15, 0.2) is 0 Å². The SMILES string of the molecule is Cc1cc(C)cc(C(N)CCN2CCC(CO)CC2)c1. The third-order valence-corrected chi connectivity index (χ3v) is 4.39. The molecule has 0 saturated carbocycles. The van der Waals surface area contributed by atoms with Crippen molar-refractivity contribution in [2.45, 2.75) is 39.2 Å². The van der Waals surface area contributed by atoms with Crippen molar-refractivity contribution in [3.05, 3.63) is 34.9 Å². The standard InChI is InChI=1S/C17H28N2O/c1-13-9-14(2)11-16(10-13)17(18)5-8-19-6-3-15(12-20)4-7-19/h9-11,15,17,20H,3-8,12,18H2,1-2H3. The fourth-order valence-electron chi connectivity index (χ4n) is 3.10. The predicted molar refractivity (Wildman–Crippen MR) is 83.7 cm³/mol. The fraction of sp³-hybridized carbons (Fsp3) is 0.647. The van der Waals surface area contributed by atoms with E-state index in [0.717, 1.165) is 38.9 Å². The Morgan fingerprint density at radius 3 is 2.35 bits per heavy atom. The lowest BCUT2D eigenvalue weighted by atomic mass is 9.96. The van der Waals surface area contributed by atoms with Gasteiger partial charge in [-0.15, -0.1) is 0 Å². The summed E-state index contributed by atoms with van der Waals surface area (Å²) in [6.45, 7) is 7.86. The molecule has 3 heteroatoms. The van der Waals surface area contributed by atoms with Crippen molar-refractivity contribution < 1.29 is 5.11 Å². The Kier molecular flexibility index (Phi) is 5.58. The van der Waals surface area contributed by atoms with Gasteiger partial charge in [0.1, 0.15) is 0 Å². The van der Waals surface area contributed by atoms with Gasteiger partial charge < -0.3 is 15.7 Å². The van der Waals surface area contributed by atoms with Crippen LogP contribution in [0.25, 0.3) is 0 Å². The molecule has 1 aliphatic heterocycles. The van der Waals surface area contributed by atoms with Crippen LogP contribution in [0.3, 0.4) is 0 Å². The average molecular weight is 276 g/mol. The molecule has 2 rings (SSSR count). The molecule has 3 N–H and O–H groups in total. The molecular weight excluding hydrogens is 248 g/mol. The number of aryl methyl sites for hydroxylation is 2. The van der Waals surface area contributed by atoms with E-state index >= 15 is 0 Å². The highest BCUT2D eigenvalue weighted by atomic mass is 16.3. The quantitative estimate of drug-likeness (QED) is 0.868. The van der Waals surface area contributed by atoms with E-state index in [0.29, 0.717) is 12.5 Å². The Morgan fingerprint density at radius 2 is 1.80 bits per heavy atom. The first kappa shape index (κ1) is 15.5. The lowest BCUT2D eigenvalue weighted by Gasteiger charge is -2.31. The van der Waals surface area contributed by atoms with Crippen molar-refractivity contribution >= 4 is 0 Å². The molecule has 1 atom stereocenters. The first-order chi connectivity index (χ1) is 9.58. The van der Waals surface area contributed by atoms with Crippen LogP contribution >= 0.6 is 0 Å². The third-order valence-electron chi connectivity index (χ3n) is 4.39. The van der Waals surface area contributed by atoms with Crippen molar-refractivity contribution in [1.82, 2.24) is 4.90 Å². The van der Waals surface area contributed by atoms with Gasteiger partial charge in [-0.25, -0.2) is 0 Å². The zero-order chi connectivity index (χ0) is 14.5. The van der Waals surface area contributed by atoms with Crippen molar-refractivity contribution in [3.63, 3.8) is 0 Å². The van der Waals surface area contributed by atoms with Crippen LogP contribution in [0.4, 0.5) is 0 Å². The van der Waals surface area contributed by atoms with E-state index in [1.807, 2.05) is 0 Å². The maximum atomic E-state index is 9.16. The topological polar surface area (TPSA) is 49.5 Å². The minimum absolute atomic E-state index is 0.129.